The number of fused-ring (bicyclic) bond motifs is 1. The molecule has 0 bridgehead atoms. The molecular formula is C37H38Cl2N6O5. The van der Waals surface area contributed by atoms with Crippen molar-refractivity contribution in [2.75, 3.05) is 27.3 Å². The van der Waals surface area contributed by atoms with Crippen LogP contribution in [0.5, 0.6) is 11.8 Å². The lowest BCUT2D eigenvalue weighted by atomic mass is 9.97. The number of hydrogen-bond donors (Lipinski definition) is 4. The molecule has 0 radical (unpaired) electrons. The molecule has 4 heterocycles. The van der Waals surface area contributed by atoms with Crippen LogP contribution in [-0.2, 0) is 17.9 Å². The second-order valence-electron chi connectivity index (χ2n) is 12.2. The predicted octanol–water partition coefficient (Wildman–Crippen LogP) is 5.25. The Balaban J connectivity index is 1.28. The van der Waals surface area contributed by atoms with E-state index in [1.54, 1.807) is 26.3 Å². The largest absolute Gasteiger partial charge is 0.481 e. The molecular weight excluding hydrogens is 679 g/mol. The van der Waals surface area contributed by atoms with Crippen molar-refractivity contribution >= 4 is 34.8 Å². The van der Waals surface area contributed by atoms with Gasteiger partial charge in [-0.1, -0.05) is 65.7 Å². The fourth-order valence-corrected chi connectivity index (χ4v) is 6.75. The summed E-state index contributed by atoms with van der Waals surface area (Å²) in [5, 5.41) is 20.0. The van der Waals surface area contributed by atoms with Gasteiger partial charge in [0.25, 0.3) is 5.56 Å². The smallest absolute Gasteiger partial charge is 0.266 e. The molecule has 11 nitrogen and oxygen atoms in total. The predicted molar refractivity (Wildman–Crippen MR) is 195 cm³/mol. The fourth-order valence-electron chi connectivity index (χ4n) is 6.09. The number of methoxy groups -OCH3 is 2. The molecule has 5 aromatic rings. The molecule has 1 amide bonds. The van der Waals surface area contributed by atoms with Crippen molar-refractivity contribution in [2.45, 2.75) is 45.0 Å². The number of halogens is 2. The second-order valence-corrected chi connectivity index (χ2v) is 12.9. The standard InChI is InChI=1S/C37H38Cl2N6O5/c1-21(46)17-40-20-29-36(50-3)44-31-16-22(14-15-45(31)37(29)48)25-6-4-7-26(33(25)38)27-8-5-9-28(34(27)39)30-12-10-23(35(43-30)49-2)18-41-19-24-11-13-32(47)42-24/h4-10,12,14-16,21,24,40-41,46H,11,13,17-20H2,1-3H3,(H,42,47)/t21-,24-/m1/s1. The molecule has 50 heavy (non-hydrogen) atoms. The first-order valence-corrected chi connectivity index (χ1v) is 17.0. The summed E-state index contributed by atoms with van der Waals surface area (Å²) in [6.45, 7) is 3.39. The molecule has 1 aliphatic heterocycles. The van der Waals surface area contributed by atoms with Crippen LogP contribution in [0, 0.1) is 0 Å². The van der Waals surface area contributed by atoms with Crippen molar-refractivity contribution in [1.29, 1.82) is 0 Å². The van der Waals surface area contributed by atoms with Crippen LogP contribution in [0.15, 0.2) is 71.7 Å². The van der Waals surface area contributed by atoms with Gasteiger partial charge in [0.15, 0.2) is 0 Å². The number of amides is 1. The van der Waals surface area contributed by atoms with Gasteiger partial charge in [0, 0.05) is 72.7 Å². The minimum Gasteiger partial charge on any atom is -0.481 e. The van der Waals surface area contributed by atoms with E-state index in [2.05, 4.69) is 20.9 Å². The number of aliphatic hydroxyl groups is 1. The van der Waals surface area contributed by atoms with Crippen LogP contribution >= 0.6 is 23.2 Å². The van der Waals surface area contributed by atoms with Gasteiger partial charge in [0.2, 0.25) is 17.7 Å². The van der Waals surface area contributed by atoms with Gasteiger partial charge in [0.1, 0.15) is 5.65 Å². The summed E-state index contributed by atoms with van der Waals surface area (Å²) < 4.78 is 12.6. The molecule has 260 valence electrons. The third kappa shape index (κ3) is 7.47. The number of hydrogen-bond acceptors (Lipinski definition) is 9. The fraction of sp³-hybridized carbons (Fsp3) is 0.297. The van der Waals surface area contributed by atoms with Crippen LogP contribution in [0.2, 0.25) is 10.0 Å². The van der Waals surface area contributed by atoms with Crippen LogP contribution in [0.1, 0.15) is 30.9 Å². The van der Waals surface area contributed by atoms with E-state index in [1.165, 1.54) is 11.5 Å². The van der Waals surface area contributed by atoms with Gasteiger partial charge in [-0.05, 0) is 37.1 Å². The summed E-state index contributed by atoms with van der Waals surface area (Å²) in [6.07, 6.45) is 2.49. The molecule has 1 saturated heterocycles. The molecule has 1 aliphatic rings. The highest BCUT2D eigenvalue weighted by Crippen LogP contribution is 2.42. The summed E-state index contributed by atoms with van der Waals surface area (Å²) in [5.74, 6) is 0.782. The van der Waals surface area contributed by atoms with Gasteiger partial charge >= 0.3 is 0 Å². The van der Waals surface area contributed by atoms with Crippen LogP contribution in [0.4, 0.5) is 0 Å². The highest BCUT2D eigenvalue weighted by atomic mass is 35.5. The zero-order valence-electron chi connectivity index (χ0n) is 27.9. The monoisotopic (exact) mass is 716 g/mol. The number of benzene rings is 2. The molecule has 0 spiro atoms. The molecule has 3 aromatic heterocycles. The first-order valence-electron chi connectivity index (χ1n) is 16.3. The minimum atomic E-state index is -0.558. The summed E-state index contributed by atoms with van der Waals surface area (Å²) >= 11 is 14.2. The number of aliphatic hydroxyl groups excluding tert-OH is 1. The first kappa shape index (κ1) is 35.3. The van der Waals surface area contributed by atoms with Crippen molar-refractivity contribution in [3.05, 3.63) is 98.4 Å². The zero-order chi connectivity index (χ0) is 35.4. The summed E-state index contributed by atoms with van der Waals surface area (Å²) in [6, 6.07) is 19.0. The summed E-state index contributed by atoms with van der Waals surface area (Å²) in [4.78, 5) is 34.3. The maximum Gasteiger partial charge on any atom is 0.266 e. The van der Waals surface area contributed by atoms with Crippen molar-refractivity contribution in [3.63, 3.8) is 0 Å². The van der Waals surface area contributed by atoms with Crippen molar-refractivity contribution < 1.29 is 19.4 Å². The number of nitrogens with zero attached hydrogens (tertiary/aromatic N) is 3. The van der Waals surface area contributed by atoms with E-state index in [-0.39, 0.29) is 29.9 Å². The number of rotatable bonds is 13. The lowest BCUT2D eigenvalue weighted by Crippen LogP contribution is -2.35. The molecule has 0 saturated carbocycles. The van der Waals surface area contributed by atoms with Gasteiger partial charge in [-0.25, -0.2) is 4.98 Å². The Morgan fingerprint density at radius 2 is 1.62 bits per heavy atom. The number of carbonyl (C=O) groups is 1. The van der Waals surface area contributed by atoms with Gasteiger partial charge in [-0.15, -0.1) is 0 Å². The maximum absolute atomic E-state index is 13.4. The van der Waals surface area contributed by atoms with Crippen LogP contribution in [0.3, 0.4) is 0 Å². The molecule has 13 heteroatoms. The Labute approximate surface area is 299 Å². The van der Waals surface area contributed by atoms with Crippen LogP contribution in [0.25, 0.3) is 39.2 Å². The van der Waals surface area contributed by atoms with Crippen molar-refractivity contribution in [2.24, 2.45) is 0 Å². The van der Waals surface area contributed by atoms with E-state index in [0.29, 0.717) is 58.9 Å². The number of aromatic nitrogens is 3. The maximum atomic E-state index is 13.4. The number of nitrogens with one attached hydrogen (secondary N) is 3. The first-order chi connectivity index (χ1) is 24.2. The highest BCUT2D eigenvalue weighted by Gasteiger charge is 2.21. The lowest BCUT2D eigenvalue weighted by molar-refractivity contribution is -0.119. The van der Waals surface area contributed by atoms with Gasteiger partial charge in [-0.2, -0.15) is 4.98 Å². The average molecular weight is 718 g/mol. The molecule has 1 fully saturated rings. The molecule has 2 aromatic carbocycles. The number of pyridine rings is 2. The SMILES string of the molecule is COc1nc(-c2cccc(-c3cccc(-c4ccn5c(=O)c(CNC[C@@H](C)O)c(OC)nc5c4)c3Cl)c2Cl)ccc1CNC[C@H]1CCC(=O)N1. The van der Waals surface area contributed by atoms with Crippen LogP contribution in [-0.4, -0.2) is 64.8 Å². The van der Waals surface area contributed by atoms with E-state index in [0.717, 1.165) is 39.8 Å². The van der Waals surface area contributed by atoms with E-state index >= 15 is 0 Å². The summed E-state index contributed by atoms with van der Waals surface area (Å²) in [5.41, 5.74) is 5.69. The van der Waals surface area contributed by atoms with Gasteiger partial charge < -0.3 is 30.5 Å². The van der Waals surface area contributed by atoms with E-state index in [1.807, 2.05) is 54.6 Å². The Bertz CT molecular complexity index is 2100. The Morgan fingerprint density at radius 3 is 2.30 bits per heavy atom. The quantitative estimate of drug-likeness (QED) is 0.129. The third-order valence-corrected chi connectivity index (χ3v) is 9.43. The van der Waals surface area contributed by atoms with Crippen molar-refractivity contribution in [3.8, 4) is 45.3 Å². The van der Waals surface area contributed by atoms with E-state index in [4.69, 9.17) is 37.7 Å². The molecule has 6 rings (SSSR count). The third-order valence-electron chi connectivity index (χ3n) is 8.62. The van der Waals surface area contributed by atoms with Crippen molar-refractivity contribution in [1.82, 2.24) is 30.3 Å². The normalized spacial score (nSPS) is 14.9. The Kier molecular flexibility index (Phi) is 11.0. The van der Waals surface area contributed by atoms with Gasteiger partial charge in [0.05, 0.1) is 41.6 Å². The Morgan fingerprint density at radius 1 is 0.920 bits per heavy atom. The Hall–Kier alpha value is -4.52. The zero-order valence-corrected chi connectivity index (χ0v) is 29.4. The summed E-state index contributed by atoms with van der Waals surface area (Å²) in [7, 11) is 3.05. The molecule has 4 N–H and O–H groups in total. The lowest BCUT2D eigenvalue weighted by Gasteiger charge is -2.16. The second kappa shape index (κ2) is 15.6. The van der Waals surface area contributed by atoms with E-state index in [9.17, 15) is 14.7 Å². The number of ether oxygens (including phenoxy) is 2. The highest BCUT2D eigenvalue weighted by molar-refractivity contribution is 6.39. The van der Waals surface area contributed by atoms with E-state index < -0.39 is 6.10 Å². The average Bonchev–Trinajstić information content (AvgIpc) is 3.53. The van der Waals surface area contributed by atoms with Gasteiger partial charge in [-0.3, -0.25) is 14.0 Å². The van der Waals surface area contributed by atoms with Crippen LogP contribution < -0.4 is 31.0 Å². The molecule has 2 atom stereocenters. The topological polar surface area (TPSA) is 139 Å². The molecule has 0 unspecified atom stereocenters. The minimum absolute atomic E-state index is 0.0889. The number of carbonyl (C=O) groups excluding carboxylic acids is 1. The molecule has 0 aliphatic carbocycles.